The Morgan fingerprint density at radius 3 is 2.56 bits per heavy atom. The van der Waals surface area contributed by atoms with E-state index in [-0.39, 0.29) is 0 Å². The van der Waals surface area contributed by atoms with Crippen LogP contribution in [0.15, 0.2) is 36.0 Å². The van der Waals surface area contributed by atoms with Crippen molar-refractivity contribution in [2.24, 2.45) is 0 Å². The highest BCUT2D eigenvalue weighted by molar-refractivity contribution is 7.09. The Labute approximate surface area is 113 Å². The first-order chi connectivity index (χ1) is 8.83. The van der Waals surface area contributed by atoms with Crippen molar-refractivity contribution in [1.29, 1.82) is 0 Å². The number of hydrogen-bond acceptors (Lipinski definition) is 3. The van der Waals surface area contributed by atoms with Crippen molar-refractivity contribution in [3.8, 4) is 0 Å². The Morgan fingerprint density at radius 2 is 2.00 bits per heavy atom. The molecule has 0 amide bonds. The molecule has 0 aliphatic carbocycles. The van der Waals surface area contributed by atoms with Crippen LogP contribution >= 0.6 is 11.3 Å². The SMILES string of the molecule is CCc1ccc(C(CC)NCc2cncs2)cc1. The molecule has 2 nitrogen and oxygen atoms in total. The average molecular weight is 260 g/mol. The van der Waals surface area contributed by atoms with Gasteiger partial charge in [0.25, 0.3) is 0 Å². The maximum absolute atomic E-state index is 4.10. The lowest BCUT2D eigenvalue weighted by molar-refractivity contribution is 0.521. The Bertz CT molecular complexity index is 448. The summed E-state index contributed by atoms with van der Waals surface area (Å²) < 4.78 is 0. The number of nitrogens with one attached hydrogen (secondary N) is 1. The first kappa shape index (κ1) is 13.2. The van der Waals surface area contributed by atoms with Gasteiger partial charge in [-0.3, -0.25) is 4.98 Å². The molecule has 0 radical (unpaired) electrons. The molecule has 1 heterocycles. The highest BCUT2D eigenvalue weighted by Gasteiger charge is 2.08. The van der Waals surface area contributed by atoms with E-state index in [4.69, 9.17) is 0 Å². The van der Waals surface area contributed by atoms with E-state index < -0.39 is 0 Å². The topological polar surface area (TPSA) is 24.9 Å². The van der Waals surface area contributed by atoms with E-state index in [1.807, 2.05) is 11.7 Å². The van der Waals surface area contributed by atoms with Gasteiger partial charge in [-0.25, -0.2) is 0 Å². The van der Waals surface area contributed by atoms with E-state index in [1.54, 1.807) is 11.3 Å². The van der Waals surface area contributed by atoms with Crippen LogP contribution in [0.1, 0.15) is 42.3 Å². The normalized spacial score (nSPS) is 12.6. The fourth-order valence-electron chi connectivity index (χ4n) is 2.04. The summed E-state index contributed by atoms with van der Waals surface area (Å²) in [7, 11) is 0. The predicted molar refractivity (Wildman–Crippen MR) is 77.8 cm³/mol. The standard InChI is InChI=1S/C15H20N2S/c1-3-12-5-7-13(8-6-12)15(4-2)17-10-14-9-16-11-18-14/h5-9,11,15,17H,3-4,10H2,1-2H3. The van der Waals surface area contributed by atoms with Crippen molar-refractivity contribution in [1.82, 2.24) is 10.3 Å². The van der Waals surface area contributed by atoms with Gasteiger partial charge in [-0.15, -0.1) is 11.3 Å². The summed E-state index contributed by atoms with van der Waals surface area (Å²) in [6.45, 7) is 5.31. The molecule has 96 valence electrons. The fraction of sp³-hybridized carbons (Fsp3) is 0.400. The number of rotatable bonds is 6. The van der Waals surface area contributed by atoms with Gasteiger partial charge in [0.2, 0.25) is 0 Å². The lowest BCUT2D eigenvalue weighted by Gasteiger charge is -2.17. The second kappa shape index (κ2) is 6.66. The van der Waals surface area contributed by atoms with Gasteiger partial charge >= 0.3 is 0 Å². The molecule has 2 rings (SSSR count). The van der Waals surface area contributed by atoms with Crippen LogP contribution in [0, 0.1) is 0 Å². The summed E-state index contributed by atoms with van der Waals surface area (Å²) >= 11 is 1.70. The summed E-state index contributed by atoms with van der Waals surface area (Å²) in [4.78, 5) is 5.39. The van der Waals surface area contributed by atoms with E-state index in [2.05, 4.69) is 48.4 Å². The molecule has 0 aliphatic heterocycles. The smallest absolute Gasteiger partial charge is 0.0794 e. The molecule has 0 saturated carbocycles. The molecule has 0 bridgehead atoms. The first-order valence-electron chi connectivity index (χ1n) is 6.53. The third-order valence-corrected chi connectivity index (χ3v) is 3.98. The Hall–Kier alpha value is -1.19. The molecule has 1 aromatic carbocycles. The van der Waals surface area contributed by atoms with Crippen molar-refractivity contribution in [3.05, 3.63) is 52.0 Å². The Balaban J connectivity index is 1.98. The second-order valence-corrected chi connectivity index (χ2v) is 5.38. The molecule has 2 aromatic rings. The first-order valence-corrected chi connectivity index (χ1v) is 7.41. The molecule has 0 spiro atoms. The molecule has 0 aliphatic rings. The van der Waals surface area contributed by atoms with Crippen molar-refractivity contribution in [2.75, 3.05) is 0 Å². The Morgan fingerprint density at radius 1 is 1.22 bits per heavy atom. The van der Waals surface area contributed by atoms with Gasteiger partial charge in [0.15, 0.2) is 0 Å². The zero-order chi connectivity index (χ0) is 12.8. The lowest BCUT2D eigenvalue weighted by Crippen LogP contribution is -2.19. The second-order valence-electron chi connectivity index (χ2n) is 4.40. The van der Waals surface area contributed by atoms with Crippen LogP contribution in [0.2, 0.25) is 0 Å². The fourth-order valence-corrected chi connectivity index (χ4v) is 2.58. The van der Waals surface area contributed by atoms with Gasteiger partial charge in [0.1, 0.15) is 0 Å². The summed E-state index contributed by atoms with van der Waals surface area (Å²) in [6, 6.07) is 9.37. The predicted octanol–water partition coefficient (Wildman–Crippen LogP) is 3.95. The van der Waals surface area contributed by atoms with Crippen LogP contribution < -0.4 is 5.32 Å². The van der Waals surface area contributed by atoms with Crippen LogP contribution in [0.4, 0.5) is 0 Å². The third-order valence-electron chi connectivity index (χ3n) is 3.20. The molecular weight excluding hydrogens is 240 g/mol. The summed E-state index contributed by atoms with van der Waals surface area (Å²) in [6.07, 6.45) is 4.14. The van der Waals surface area contributed by atoms with Crippen LogP contribution in [-0.2, 0) is 13.0 Å². The van der Waals surface area contributed by atoms with E-state index >= 15 is 0 Å². The molecule has 0 fully saturated rings. The van der Waals surface area contributed by atoms with Gasteiger partial charge in [0, 0.05) is 23.7 Å². The van der Waals surface area contributed by atoms with Crippen molar-refractivity contribution >= 4 is 11.3 Å². The van der Waals surface area contributed by atoms with Crippen LogP contribution in [0.5, 0.6) is 0 Å². The van der Waals surface area contributed by atoms with E-state index in [0.29, 0.717) is 6.04 Å². The maximum Gasteiger partial charge on any atom is 0.0794 e. The molecule has 3 heteroatoms. The minimum Gasteiger partial charge on any atom is -0.305 e. The third kappa shape index (κ3) is 3.40. The lowest BCUT2D eigenvalue weighted by atomic mass is 10.0. The highest BCUT2D eigenvalue weighted by Crippen LogP contribution is 2.18. The van der Waals surface area contributed by atoms with Gasteiger partial charge in [-0.05, 0) is 24.0 Å². The molecule has 1 atom stereocenters. The molecule has 18 heavy (non-hydrogen) atoms. The minimum atomic E-state index is 0.429. The zero-order valence-electron chi connectivity index (χ0n) is 11.0. The molecule has 0 saturated heterocycles. The van der Waals surface area contributed by atoms with Crippen molar-refractivity contribution < 1.29 is 0 Å². The average Bonchev–Trinajstić information content (AvgIpc) is 2.93. The zero-order valence-corrected chi connectivity index (χ0v) is 11.8. The molecule has 1 unspecified atom stereocenters. The number of nitrogens with zero attached hydrogens (tertiary/aromatic N) is 1. The van der Waals surface area contributed by atoms with Crippen LogP contribution in [0.25, 0.3) is 0 Å². The number of aromatic nitrogens is 1. The summed E-state index contributed by atoms with van der Waals surface area (Å²) in [5, 5.41) is 3.60. The van der Waals surface area contributed by atoms with E-state index in [0.717, 1.165) is 19.4 Å². The van der Waals surface area contributed by atoms with Gasteiger partial charge < -0.3 is 5.32 Å². The Kier molecular flexibility index (Phi) is 4.90. The highest BCUT2D eigenvalue weighted by atomic mass is 32.1. The number of aryl methyl sites for hydroxylation is 1. The van der Waals surface area contributed by atoms with Crippen molar-refractivity contribution in [3.63, 3.8) is 0 Å². The van der Waals surface area contributed by atoms with Gasteiger partial charge in [-0.1, -0.05) is 38.1 Å². The number of thiazole rings is 1. The molecule has 1 N–H and O–H groups in total. The van der Waals surface area contributed by atoms with E-state index in [9.17, 15) is 0 Å². The quantitative estimate of drug-likeness (QED) is 0.850. The van der Waals surface area contributed by atoms with Gasteiger partial charge in [0.05, 0.1) is 5.51 Å². The molecule has 1 aromatic heterocycles. The maximum atomic E-state index is 4.10. The summed E-state index contributed by atoms with van der Waals surface area (Å²) in [5.74, 6) is 0. The molecular formula is C15H20N2S. The van der Waals surface area contributed by atoms with Crippen LogP contribution in [-0.4, -0.2) is 4.98 Å². The van der Waals surface area contributed by atoms with Gasteiger partial charge in [-0.2, -0.15) is 0 Å². The monoisotopic (exact) mass is 260 g/mol. The van der Waals surface area contributed by atoms with Crippen molar-refractivity contribution in [2.45, 2.75) is 39.3 Å². The van der Waals surface area contributed by atoms with Crippen LogP contribution in [0.3, 0.4) is 0 Å². The largest absolute Gasteiger partial charge is 0.305 e. The number of hydrogen-bond donors (Lipinski definition) is 1. The number of benzene rings is 1. The van der Waals surface area contributed by atoms with E-state index in [1.165, 1.54) is 16.0 Å². The summed E-state index contributed by atoms with van der Waals surface area (Å²) in [5.41, 5.74) is 4.66. The minimum absolute atomic E-state index is 0.429.